The summed E-state index contributed by atoms with van der Waals surface area (Å²) in [7, 11) is 3.43. The van der Waals surface area contributed by atoms with Crippen LogP contribution >= 0.6 is 12.4 Å². The molecule has 0 aromatic rings. The van der Waals surface area contributed by atoms with E-state index < -0.39 is 0 Å². The van der Waals surface area contributed by atoms with Gasteiger partial charge in [-0.05, 0) is 0 Å². The van der Waals surface area contributed by atoms with Crippen molar-refractivity contribution in [2.24, 2.45) is 0 Å². The monoisotopic (exact) mass is 252 g/mol. The van der Waals surface area contributed by atoms with Crippen LogP contribution < -0.4 is 5.32 Å². The Balaban J connectivity index is 0.00000225. The maximum absolute atomic E-state index is 11.7. The minimum absolute atomic E-state index is 0. The first kappa shape index (κ1) is 15.6. The fraction of sp³-hybridized carbons (Fsp3) is 0.900. The van der Waals surface area contributed by atoms with Gasteiger partial charge in [-0.15, -0.1) is 12.4 Å². The number of amides is 1. The molecule has 5 nitrogen and oxygen atoms in total. The van der Waals surface area contributed by atoms with Gasteiger partial charge >= 0.3 is 0 Å². The lowest BCUT2D eigenvalue weighted by Crippen LogP contribution is -2.44. The molecule has 1 rings (SSSR count). The summed E-state index contributed by atoms with van der Waals surface area (Å²) >= 11 is 0. The van der Waals surface area contributed by atoms with Gasteiger partial charge in [0.05, 0.1) is 19.8 Å². The van der Waals surface area contributed by atoms with E-state index in [4.69, 9.17) is 9.47 Å². The number of rotatable bonds is 5. The number of morpholine rings is 1. The summed E-state index contributed by atoms with van der Waals surface area (Å²) in [5.41, 5.74) is 0. The van der Waals surface area contributed by atoms with Crippen LogP contribution in [0.2, 0.25) is 0 Å². The fourth-order valence-electron chi connectivity index (χ4n) is 1.47. The Morgan fingerprint density at radius 1 is 1.62 bits per heavy atom. The van der Waals surface area contributed by atoms with Gasteiger partial charge in [0.25, 0.3) is 0 Å². The van der Waals surface area contributed by atoms with Crippen LogP contribution in [0.4, 0.5) is 0 Å². The predicted octanol–water partition coefficient (Wildman–Crippen LogP) is -0.108. The third-order valence-electron chi connectivity index (χ3n) is 2.48. The molecule has 1 aliphatic heterocycles. The fourth-order valence-corrected chi connectivity index (χ4v) is 1.47. The first-order valence-corrected chi connectivity index (χ1v) is 5.28. The van der Waals surface area contributed by atoms with Crippen molar-refractivity contribution in [3.8, 4) is 0 Å². The Labute approximate surface area is 103 Å². The van der Waals surface area contributed by atoms with Crippen LogP contribution in [0.3, 0.4) is 0 Å². The zero-order valence-corrected chi connectivity index (χ0v) is 10.7. The molecular weight excluding hydrogens is 232 g/mol. The van der Waals surface area contributed by atoms with E-state index in [-0.39, 0.29) is 24.4 Å². The van der Waals surface area contributed by atoms with Crippen molar-refractivity contribution in [3.63, 3.8) is 0 Å². The molecule has 0 aliphatic carbocycles. The van der Waals surface area contributed by atoms with Gasteiger partial charge in [-0.1, -0.05) is 0 Å². The SMILES string of the molecule is COCCN(C)C(=O)CC1COCCN1.Cl. The number of hydrogen-bond acceptors (Lipinski definition) is 4. The molecule has 1 atom stereocenters. The van der Waals surface area contributed by atoms with Gasteiger partial charge in [-0.25, -0.2) is 0 Å². The van der Waals surface area contributed by atoms with Crippen molar-refractivity contribution in [1.29, 1.82) is 0 Å². The highest BCUT2D eigenvalue weighted by atomic mass is 35.5. The van der Waals surface area contributed by atoms with Crippen LogP contribution in [0, 0.1) is 0 Å². The molecule has 0 bridgehead atoms. The van der Waals surface area contributed by atoms with E-state index in [0.717, 1.165) is 13.2 Å². The molecule has 0 aromatic carbocycles. The molecule has 96 valence electrons. The Hall–Kier alpha value is -0.360. The average Bonchev–Trinajstić information content (AvgIpc) is 2.27. The molecule has 1 amide bonds. The molecule has 6 heteroatoms. The minimum Gasteiger partial charge on any atom is -0.383 e. The van der Waals surface area contributed by atoms with E-state index in [2.05, 4.69) is 5.32 Å². The van der Waals surface area contributed by atoms with Crippen LogP contribution in [-0.4, -0.2) is 63.9 Å². The predicted molar refractivity (Wildman–Crippen MR) is 64.0 cm³/mol. The highest BCUT2D eigenvalue weighted by Gasteiger charge is 2.18. The lowest BCUT2D eigenvalue weighted by Gasteiger charge is -2.25. The third kappa shape index (κ3) is 5.65. The molecule has 16 heavy (non-hydrogen) atoms. The molecule has 1 unspecified atom stereocenters. The summed E-state index contributed by atoms with van der Waals surface area (Å²) in [5.74, 6) is 0.134. The van der Waals surface area contributed by atoms with Gasteiger partial charge < -0.3 is 19.7 Å². The second kappa shape index (κ2) is 8.75. The Bertz CT molecular complexity index is 199. The van der Waals surface area contributed by atoms with Crippen LogP contribution in [-0.2, 0) is 14.3 Å². The van der Waals surface area contributed by atoms with Crippen LogP contribution in [0.15, 0.2) is 0 Å². The van der Waals surface area contributed by atoms with Gasteiger partial charge in [0, 0.05) is 39.7 Å². The van der Waals surface area contributed by atoms with Crippen molar-refractivity contribution in [1.82, 2.24) is 10.2 Å². The zero-order chi connectivity index (χ0) is 11.1. The quantitative estimate of drug-likeness (QED) is 0.742. The normalized spacial score (nSPS) is 20.0. The van der Waals surface area contributed by atoms with E-state index >= 15 is 0 Å². The summed E-state index contributed by atoms with van der Waals surface area (Å²) in [4.78, 5) is 13.4. The van der Waals surface area contributed by atoms with E-state index in [1.165, 1.54) is 0 Å². The van der Waals surface area contributed by atoms with E-state index in [0.29, 0.717) is 26.2 Å². The van der Waals surface area contributed by atoms with Crippen LogP contribution in [0.25, 0.3) is 0 Å². The number of likely N-dealkylation sites (N-methyl/N-ethyl adjacent to an activating group) is 1. The smallest absolute Gasteiger partial charge is 0.224 e. The van der Waals surface area contributed by atoms with Gasteiger partial charge in [0.2, 0.25) is 5.91 Å². The minimum atomic E-state index is 0. The van der Waals surface area contributed by atoms with Crippen LogP contribution in [0.5, 0.6) is 0 Å². The second-order valence-corrected chi connectivity index (χ2v) is 3.74. The molecule has 1 aliphatic rings. The Morgan fingerprint density at radius 3 is 2.94 bits per heavy atom. The summed E-state index contributed by atoms with van der Waals surface area (Å²) in [5, 5.41) is 3.26. The largest absolute Gasteiger partial charge is 0.383 e. The van der Waals surface area contributed by atoms with E-state index in [1.54, 1.807) is 19.1 Å². The molecule has 1 saturated heterocycles. The zero-order valence-electron chi connectivity index (χ0n) is 9.90. The van der Waals surface area contributed by atoms with Gasteiger partial charge in [0.1, 0.15) is 0 Å². The lowest BCUT2D eigenvalue weighted by atomic mass is 10.2. The second-order valence-electron chi connectivity index (χ2n) is 3.74. The molecule has 0 spiro atoms. The summed E-state index contributed by atoms with van der Waals surface area (Å²) < 4.78 is 10.2. The van der Waals surface area contributed by atoms with E-state index in [1.807, 2.05) is 0 Å². The number of nitrogens with zero attached hydrogens (tertiary/aromatic N) is 1. The number of nitrogens with one attached hydrogen (secondary N) is 1. The maximum atomic E-state index is 11.7. The number of methoxy groups -OCH3 is 1. The number of carbonyl (C=O) groups excluding carboxylic acids is 1. The highest BCUT2D eigenvalue weighted by Crippen LogP contribution is 2.01. The van der Waals surface area contributed by atoms with Crippen molar-refractivity contribution in [2.45, 2.75) is 12.5 Å². The molecule has 0 radical (unpaired) electrons. The first-order valence-electron chi connectivity index (χ1n) is 5.28. The first-order chi connectivity index (χ1) is 7.24. The lowest BCUT2D eigenvalue weighted by molar-refractivity contribution is -0.131. The average molecular weight is 253 g/mol. The van der Waals surface area contributed by atoms with Gasteiger partial charge in [-0.2, -0.15) is 0 Å². The van der Waals surface area contributed by atoms with Crippen molar-refractivity contribution in [2.75, 3.05) is 47.1 Å². The molecule has 0 saturated carbocycles. The van der Waals surface area contributed by atoms with Crippen molar-refractivity contribution >= 4 is 18.3 Å². The molecule has 0 aromatic heterocycles. The standard InChI is InChI=1S/C10H20N2O3.ClH/c1-12(4-6-14-2)10(13)7-9-8-15-5-3-11-9;/h9,11H,3-8H2,1-2H3;1H. The molecule has 1 heterocycles. The molecular formula is C10H21ClN2O3. The Morgan fingerprint density at radius 2 is 2.38 bits per heavy atom. The third-order valence-corrected chi connectivity index (χ3v) is 2.48. The summed E-state index contributed by atoms with van der Waals surface area (Å²) in [6.07, 6.45) is 0.500. The van der Waals surface area contributed by atoms with Gasteiger partial charge in [0.15, 0.2) is 0 Å². The summed E-state index contributed by atoms with van der Waals surface area (Å²) in [6.45, 7) is 3.42. The number of hydrogen-bond donors (Lipinski definition) is 1. The Kier molecular flexibility index (Phi) is 8.56. The van der Waals surface area contributed by atoms with Crippen LogP contribution in [0.1, 0.15) is 6.42 Å². The topological polar surface area (TPSA) is 50.8 Å². The molecule has 1 N–H and O–H groups in total. The van der Waals surface area contributed by atoms with Gasteiger partial charge in [-0.3, -0.25) is 4.79 Å². The number of halogens is 1. The maximum Gasteiger partial charge on any atom is 0.224 e. The number of carbonyl (C=O) groups is 1. The number of ether oxygens (including phenoxy) is 2. The molecule has 1 fully saturated rings. The van der Waals surface area contributed by atoms with Crippen molar-refractivity contribution < 1.29 is 14.3 Å². The highest BCUT2D eigenvalue weighted by molar-refractivity contribution is 5.85. The van der Waals surface area contributed by atoms with Crippen molar-refractivity contribution in [3.05, 3.63) is 0 Å². The van der Waals surface area contributed by atoms with E-state index in [9.17, 15) is 4.79 Å². The summed E-state index contributed by atoms with van der Waals surface area (Å²) in [6, 6.07) is 0.163.